The van der Waals surface area contributed by atoms with Gasteiger partial charge in [0.1, 0.15) is 0 Å². The quantitative estimate of drug-likeness (QED) is 0.507. The summed E-state index contributed by atoms with van der Waals surface area (Å²) >= 11 is 0. The van der Waals surface area contributed by atoms with Crippen molar-refractivity contribution in [3.05, 3.63) is 0 Å². The van der Waals surface area contributed by atoms with Crippen LogP contribution in [0.1, 0.15) is 40.0 Å². The number of rotatable bonds is 2. The van der Waals surface area contributed by atoms with Gasteiger partial charge >= 0.3 is 18.0 Å². The summed E-state index contributed by atoms with van der Waals surface area (Å²) in [5.74, 6) is -3.73. The van der Waals surface area contributed by atoms with Crippen LogP contribution in [0.2, 0.25) is 0 Å². The third-order valence-electron chi connectivity index (χ3n) is 4.10. The highest BCUT2D eigenvalue weighted by atomic mass is 16.4. The van der Waals surface area contributed by atoms with E-state index < -0.39 is 23.6 Å². The Morgan fingerprint density at radius 1 is 0.962 bits per heavy atom. The zero-order valence-electron chi connectivity index (χ0n) is 15.8. The lowest BCUT2D eigenvalue weighted by Gasteiger charge is -2.45. The van der Waals surface area contributed by atoms with Crippen LogP contribution in [-0.4, -0.2) is 80.8 Å². The van der Waals surface area contributed by atoms with Crippen LogP contribution >= 0.6 is 0 Å². The number of amides is 2. The van der Waals surface area contributed by atoms with Gasteiger partial charge in [-0.05, 0) is 40.0 Å². The predicted octanol–water partition coefficient (Wildman–Crippen LogP) is 0.505. The first-order valence-corrected chi connectivity index (χ1v) is 8.15. The summed E-state index contributed by atoms with van der Waals surface area (Å²) in [4.78, 5) is 44.9. The summed E-state index contributed by atoms with van der Waals surface area (Å²) in [5, 5.41) is 24.3. The first-order chi connectivity index (χ1) is 11.7. The molecule has 0 radical (unpaired) electrons. The fourth-order valence-corrected chi connectivity index (χ4v) is 2.98. The molecule has 0 heterocycles. The molecule has 0 aromatic heterocycles. The number of nitrogens with two attached hydrogens (primary N) is 1. The number of nitrogens with zero attached hydrogens (tertiary/aromatic N) is 2. The number of carboxylic acid groups (broad SMARTS) is 3. The lowest BCUT2D eigenvalue weighted by molar-refractivity contribution is -0.159. The van der Waals surface area contributed by atoms with Gasteiger partial charge in [-0.15, -0.1) is 0 Å². The fraction of sp³-hybridized carbons (Fsp3) is 0.750. The van der Waals surface area contributed by atoms with Crippen molar-refractivity contribution in [2.75, 3.05) is 14.1 Å². The van der Waals surface area contributed by atoms with E-state index in [9.17, 15) is 14.7 Å². The first-order valence-electron chi connectivity index (χ1n) is 8.15. The average Bonchev–Trinajstić information content (AvgIpc) is 2.47. The van der Waals surface area contributed by atoms with Crippen LogP contribution in [0.15, 0.2) is 0 Å². The van der Waals surface area contributed by atoms with Crippen molar-refractivity contribution < 1.29 is 34.5 Å². The molecular formula is C16H29N3O7. The molecule has 1 aliphatic rings. The van der Waals surface area contributed by atoms with E-state index in [-0.39, 0.29) is 23.9 Å². The highest BCUT2D eigenvalue weighted by Crippen LogP contribution is 2.32. The Hall–Kier alpha value is -2.36. The van der Waals surface area contributed by atoms with Gasteiger partial charge in [0.15, 0.2) is 0 Å². The van der Waals surface area contributed by atoms with E-state index in [2.05, 4.69) is 0 Å². The molecule has 0 aromatic rings. The zero-order chi connectivity index (χ0) is 20.8. The highest BCUT2D eigenvalue weighted by Gasteiger charge is 2.41. The van der Waals surface area contributed by atoms with Gasteiger partial charge < -0.3 is 26.0 Å². The molecule has 3 atom stereocenters. The van der Waals surface area contributed by atoms with Crippen LogP contribution in [0.25, 0.3) is 0 Å². The minimum Gasteiger partial charge on any atom is -0.473 e. The Labute approximate surface area is 152 Å². The summed E-state index contributed by atoms with van der Waals surface area (Å²) in [6, 6.07) is -0.522. The van der Waals surface area contributed by atoms with Crippen molar-refractivity contribution >= 4 is 23.9 Å². The number of carbonyl (C=O) groups is 4. The monoisotopic (exact) mass is 375 g/mol. The molecule has 26 heavy (non-hydrogen) atoms. The van der Waals surface area contributed by atoms with E-state index >= 15 is 0 Å². The number of aliphatic carboxylic acids is 2. The van der Waals surface area contributed by atoms with Gasteiger partial charge in [0.2, 0.25) is 5.91 Å². The van der Waals surface area contributed by atoms with Gasteiger partial charge in [0.05, 0.1) is 6.04 Å². The average molecular weight is 375 g/mol. The zero-order valence-corrected chi connectivity index (χ0v) is 15.8. The molecule has 0 aromatic carbocycles. The summed E-state index contributed by atoms with van der Waals surface area (Å²) in [5.41, 5.74) is 5.59. The number of hydrogen-bond acceptors (Lipinski definition) is 5. The maximum absolute atomic E-state index is 12.1. The van der Waals surface area contributed by atoms with Gasteiger partial charge in [0, 0.05) is 31.6 Å². The highest BCUT2D eigenvalue weighted by molar-refractivity contribution is 6.27. The van der Waals surface area contributed by atoms with Gasteiger partial charge in [-0.1, -0.05) is 0 Å². The molecule has 0 aliphatic heterocycles. The van der Waals surface area contributed by atoms with Gasteiger partial charge in [-0.2, -0.15) is 0 Å². The van der Waals surface area contributed by atoms with E-state index in [4.69, 9.17) is 25.5 Å². The maximum Gasteiger partial charge on any atom is 0.414 e. The molecule has 1 fully saturated rings. The summed E-state index contributed by atoms with van der Waals surface area (Å²) < 4.78 is 0. The van der Waals surface area contributed by atoms with Crippen molar-refractivity contribution in [2.45, 2.75) is 57.7 Å². The lowest BCUT2D eigenvalue weighted by atomic mass is 9.80. The molecule has 0 saturated heterocycles. The van der Waals surface area contributed by atoms with Crippen molar-refractivity contribution in [3.8, 4) is 0 Å². The molecule has 5 N–H and O–H groups in total. The number of carbonyl (C=O) groups excluding carboxylic acids is 1. The van der Waals surface area contributed by atoms with E-state index in [0.717, 1.165) is 6.42 Å². The molecule has 10 heteroatoms. The molecule has 10 nitrogen and oxygen atoms in total. The van der Waals surface area contributed by atoms with Crippen LogP contribution in [-0.2, 0) is 14.4 Å². The van der Waals surface area contributed by atoms with Crippen LogP contribution in [0.3, 0.4) is 0 Å². The second kappa shape index (κ2) is 9.37. The van der Waals surface area contributed by atoms with Crippen LogP contribution in [0.4, 0.5) is 4.79 Å². The molecule has 1 rings (SSSR count). The van der Waals surface area contributed by atoms with E-state index in [1.807, 2.05) is 20.8 Å². The SMILES string of the molecule is CN(C)C(=O)[C@H]1CC[C@H](N)[C@H](N(C(=O)O)C(C)(C)C)C1.O=C(O)C(=O)O. The Morgan fingerprint density at radius 3 is 1.73 bits per heavy atom. The summed E-state index contributed by atoms with van der Waals surface area (Å²) in [6.07, 6.45) is 0.930. The topological polar surface area (TPSA) is 161 Å². The molecule has 0 bridgehead atoms. The molecule has 150 valence electrons. The third-order valence-corrected chi connectivity index (χ3v) is 4.10. The Morgan fingerprint density at radius 2 is 1.42 bits per heavy atom. The minimum absolute atomic E-state index is 0.0566. The third kappa shape index (κ3) is 6.87. The lowest BCUT2D eigenvalue weighted by Crippen LogP contribution is -2.60. The largest absolute Gasteiger partial charge is 0.473 e. The standard InChI is InChI=1S/C14H27N3O3.C2H2O4/c1-14(2,3)17(13(19)20)11-8-9(6-7-10(11)15)12(18)16(4)5;3-1(4)2(5)6/h9-11H,6-8,15H2,1-5H3,(H,19,20);(H,3,4)(H,5,6)/t9-,10-,11+;/m0./s1. The molecular weight excluding hydrogens is 346 g/mol. The van der Waals surface area contributed by atoms with Crippen LogP contribution < -0.4 is 5.73 Å². The number of hydrogen-bond donors (Lipinski definition) is 4. The molecule has 0 spiro atoms. The Kier molecular flexibility index (Phi) is 8.52. The van der Waals surface area contributed by atoms with E-state index in [1.165, 1.54) is 4.90 Å². The van der Waals surface area contributed by atoms with Gasteiger partial charge in [0.25, 0.3) is 0 Å². The summed E-state index contributed by atoms with van der Waals surface area (Å²) in [6.45, 7) is 5.56. The van der Waals surface area contributed by atoms with Gasteiger partial charge in [-0.3, -0.25) is 9.69 Å². The minimum atomic E-state index is -1.82. The van der Waals surface area contributed by atoms with Crippen molar-refractivity contribution in [1.29, 1.82) is 0 Å². The van der Waals surface area contributed by atoms with E-state index in [0.29, 0.717) is 12.8 Å². The maximum atomic E-state index is 12.1. The molecule has 1 saturated carbocycles. The fourth-order valence-electron chi connectivity index (χ4n) is 2.98. The Bertz CT molecular complexity index is 530. The van der Waals surface area contributed by atoms with Crippen molar-refractivity contribution in [1.82, 2.24) is 9.80 Å². The summed E-state index contributed by atoms with van der Waals surface area (Å²) in [7, 11) is 3.45. The molecule has 2 amide bonds. The molecule has 1 aliphatic carbocycles. The second-order valence-electron chi connectivity index (χ2n) is 7.41. The van der Waals surface area contributed by atoms with Crippen molar-refractivity contribution in [2.24, 2.45) is 11.7 Å². The Balaban J connectivity index is 0.000000896. The van der Waals surface area contributed by atoms with Gasteiger partial charge in [-0.25, -0.2) is 14.4 Å². The number of carboxylic acids is 2. The molecule has 0 unspecified atom stereocenters. The smallest absolute Gasteiger partial charge is 0.414 e. The second-order valence-corrected chi connectivity index (χ2v) is 7.41. The van der Waals surface area contributed by atoms with Crippen LogP contribution in [0.5, 0.6) is 0 Å². The first kappa shape index (κ1) is 23.6. The predicted molar refractivity (Wildman–Crippen MR) is 92.7 cm³/mol. The van der Waals surface area contributed by atoms with Crippen LogP contribution in [0, 0.1) is 5.92 Å². The normalized spacial score (nSPS) is 22.5. The van der Waals surface area contributed by atoms with Crippen molar-refractivity contribution in [3.63, 3.8) is 0 Å². The van der Waals surface area contributed by atoms with E-state index in [1.54, 1.807) is 19.0 Å².